The van der Waals surface area contributed by atoms with Crippen LogP contribution < -0.4 is 4.90 Å². The lowest BCUT2D eigenvalue weighted by atomic mass is 9.93. The van der Waals surface area contributed by atoms with Gasteiger partial charge in [-0.2, -0.15) is 0 Å². The average molecular weight is 408 g/mol. The molecule has 4 aromatic rings. The van der Waals surface area contributed by atoms with Crippen LogP contribution in [0.3, 0.4) is 0 Å². The Morgan fingerprint density at radius 3 is 1.71 bits per heavy atom. The Morgan fingerprint density at radius 1 is 0.677 bits per heavy atom. The van der Waals surface area contributed by atoms with Gasteiger partial charge in [-0.25, -0.2) is 0 Å². The minimum atomic E-state index is -0.0137. The molecule has 0 heterocycles. The van der Waals surface area contributed by atoms with E-state index in [1.807, 2.05) is 61.5 Å². The molecule has 0 aromatic heterocycles. The molecular weight excluding hydrogens is 382 g/mol. The van der Waals surface area contributed by atoms with E-state index >= 15 is 0 Å². The third-order valence-corrected chi connectivity index (χ3v) is 5.45. The maximum absolute atomic E-state index is 12.5. The van der Waals surface area contributed by atoms with Crippen molar-refractivity contribution in [1.82, 2.24) is 0 Å². The number of hydrogen-bond acceptors (Lipinski definition) is 3. The molecule has 3 heteroatoms. The van der Waals surface area contributed by atoms with Crippen molar-refractivity contribution in [3.8, 4) is 0 Å². The first-order chi connectivity index (χ1) is 15.1. The zero-order chi connectivity index (χ0) is 21.8. The zero-order valence-corrected chi connectivity index (χ0v) is 18.0. The number of ketones is 1. The molecule has 0 fully saturated rings. The van der Waals surface area contributed by atoms with Crippen molar-refractivity contribution >= 4 is 39.2 Å². The maximum atomic E-state index is 12.5. The quantitative estimate of drug-likeness (QED) is 0.248. The molecule has 0 radical (unpaired) electrons. The first kappa shape index (κ1) is 20.4. The van der Waals surface area contributed by atoms with Gasteiger partial charge >= 0.3 is 0 Å². The Labute approximate surface area is 183 Å². The molecule has 0 aliphatic rings. The summed E-state index contributed by atoms with van der Waals surface area (Å²) < 4.78 is 5.44. The molecule has 0 aliphatic carbocycles. The van der Waals surface area contributed by atoms with Crippen molar-refractivity contribution in [2.24, 2.45) is 0 Å². The van der Waals surface area contributed by atoms with Gasteiger partial charge in [0.15, 0.2) is 5.78 Å². The van der Waals surface area contributed by atoms with Gasteiger partial charge in [0.1, 0.15) is 5.76 Å². The third-order valence-electron chi connectivity index (χ3n) is 5.45. The van der Waals surface area contributed by atoms with Crippen molar-refractivity contribution < 1.29 is 9.53 Å². The fourth-order valence-corrected chi connectivity index (χ4v) is 4.01. The summed E-state index contributed by atoms with van der Waals surface area (Å²) in [6.07, 6.45) is 0. The molecule has 31 heavy (non-hydrogen) atoms. The van der Waals surface area contributed by atoms with E-state index in [4.69, 9.17) is 4.74 Å². The van der Waals surface area contributed by atoms with Crippen LogP contribution in [0.15, 0.2) is 103 Å². The van der Waals surface area contributed by atoms with Gasteiger partial charge in [0.25, 0.3) is 0 Å². The highest BCUT2D eigenvalue weighted by molar-refractivity contribution is 6.24. The highest BCUT2D eigenvalue weighted by Gasteiger charge is 2.20. The lowest BCUT2D eigenvalue weighted by molar-refractivity contribution is -0.111. The molecule has 0 amide bonds. The average Bonchev–Trinajstić information content (AvgIpc) is 2.81. The van der Waals surface area contributed by atoms with Crippen LogP contribution in [-0.2, 0) is 9.53 Å². The van der Waals surface area contributed by atoms with Gasteiger partial charge in [0.05, 0.1) is 18.4 Å². The molecule has 4 aromatic carbocycles. The van der Waals surface area contributed by atoms with Crippen LogP contribution in [0, 0.1) is 0 Å². The Hall–Kier alpha value is -3.85. The zero-order valence-electron chi connectivity index (χ0n) is 18.0. The smallest absolute Gasteiger partial charge is 0.163 e. The number of allylic oxidation sites excluding steroid dienone is 2. The van der Waals surface area contributed by atoms with Crippen LogP contribution in [0.25, 0.3) is 16.3 Å². The van der Waals surface area contributed by atoms with Crippen molar-refractivity contribution in [3.63, 3.8) is 0 Å². The van der Waals surface area contributed by atoms with E-state index < -0.39 is 0 Å². The van der Waals surface area contributed by atoms with E-state index in [1.165, 1.54) is 0 Å². The lowest BCUT2D eigenvalue weighted by Crippen LogP contribution is -2.11. The summed E-state index contributed by atoms with van der Waals surface area (Å²) in [6.45, 7) is 3.42. The largest absolute Gasteiger partial charge is 0.501 e. The Bertz CT molecular complexity index is 1200. The first-order valence-electron chi connectivity index (χ1n) is 10.3. The van der Waals surface area contributed by atoms with Gasteiger partial charge in [-0.15, -0.1) is 0 Å². The number of ether oxygens (including phenoxy) is 1. The van der Waals surface area contributed by atoms with E-state index in [0.29, 0.717) is 11.3 Å². The number of Topliss-reactive ketones (excluding diaryl/α,β-unsaturated/α-hetero) is 1. The number of para-hydroxylation sites is 2. The minimum Gasteiger partial charge on any atom is -0.501 e. The predicted molar refractivity (Wildman–Crippen MR) is 129 cm³/mol. The summed E-state index contributed by atoms with van der Waals surface area (Å²) in [7, 11) is 1.60. The number of methoxy groups -OCH3 is 1. The van der Waals surface area contributed by atoms with Crippen molar-refractivity contribution in [1.29, 1.82) is 0 Å². The molecule has 0 atom stereocenters. The second-order valence-electron chi connectivity index (χ2n) is 7.38. The monoisotopic (exact) mass is 407 g/mol. The summed E-state index contributed by atoms with van der Waals surface area (Å²) in [5, 5.41) is 2.08. The SMILES string of the molecule is CO/C(C)=C(\C(C)=O)c1ccc(N(c2ccccc2)c2ccccc2)c2ccccc12. The summed E-state index contributed by atoms with van der Waals surface area (Å²) in [5.41, 5.74) is 4.68. The fourth-order valence-electron chi connectivity index (χ4n) is 4.01. The van der Waals surface area contributed by atoms with Crippen molar-refractivity contribution in [3.05, 3.63) is 108 Å². The normalized spacial score (nSPS) is 11.7. The predicted octanol–water partition coefficient (Wildman–Crippen LogP) is 7.28. The highest BCUT2D eigenvalue weighted by Crippen LogP contribution is 2.41. The summed E-state index contributed by atoms with van der Waals surface area (Å²) >= 11 is 0. The minimum absolute atomic E-state index is 0.0137. The molecule has 0 bridgehead atoms. The van der Waals surface area contributed by atoms with Crippen molar-refractivity contribution in [2.45, 2.75) is 13.8 Å². The van der Waals surface area contributed by atoms with Crippen LogP contribution in [0.5, 0.6) is 0 Å². The number of hydrogen-bond donors (Lipinski definition) is 0. The molecule has 3 nitrogen and oxygen atoms in total. The van der Waals surface area contributed by atoms with E-state index in [1.54, 1.807) is 14.0 Å². The fraction of sp³-hybridized carbons (Fsp3) is 0.107. The number of carbonyl (C=O) groups is 1. The first-order valence-corrected chi connectivity index (χ1v) is 10.3. The number of benzene rings is 4. The number of anilines is 3. The van der Waals surface area contributed by atoms with Crippen molar-refractivity contribution in [2.75, 3.05) is 12.0 Å². The van der Waals surface area contributed by atoms with Gasteiger partial charge in [0.2, 0.25) is 0 Å². The Kier molecular flexibility index (Phi) is 5.85. The molecular formula is C28H25NO2. The number of nitrogens with zero attached hydrogens (tertiary/aromatic N) is 1. The second-order valence-corrected chi connectivity index (χ2v) is 7.38. The van der Waals surface area contributed by atoms with Crippen LogP contribution in [0.2, 0.25) is 0 Å². The molecule has 0 spiro atoms. The molecule has 4 rings (SSSR count). The number of carbonyl (C=O) groups excluding carboxylic acids is 1. The van der Waals surface area contributed by atoms with Crippen LogP contribution >= 0.6 is 0 Å². The summed E-state index contributed by atoms with van der Waals surface area (Å²) in [5.74, 6) is 0.605. The van der Waals surface area contributed by atoms with Crippen LogP contribution in [-0.4, -0.2) is 12.9 Å². The molecule has 0 aliphatic heterocycles. The van der Waals surface area contributed by atoms with Gasteiger partial charge in [-0.05, 0) is 55.1 Å². The molecule has 0 unspecified atom stereocenters. The van der Waals surface area contributed by atoms with Gasteiger partial charge < -0.3 is 9.64 Å². The summed E-state index contributed by atoms with van der Waals surface area (Å²) in [4.78, 5) is 14.7. The molecule has 154 valence electrons. The Morgan fingerprint density at radius 2 is 1.19 bits per heavy atom. The number of fused-ring (bicyclic) bond motifs is 1. The Balaban J connectivity index is 2.01. The number of rotatable bonds is 6. The maximum Gasteiger partial charge on any atom is 0.163 e. The van der Waals surface area contributed by atoms with E-state index in [-0.39, 0.29) is 5.78 Å². The molecule has 0 N–H and O–H groups in total. The second kappa shape index (κ2) is 8.88. The van der Waals surface area contributed by atoms with E-state index in [2.05, 4.69) is 47.4 Å². The van der Waals surface area contributed by atoms with Gasteiger partial charge in [-0.3, -0.25) is 4.79 Å². The van der Waals surface area contributed by atoms with Crippen LogP contribution in [0.4, 0.5) is 17.1 Å². The summed E-state index contributed by atoms with van der Waals surface area (Å²) in [6, 6.07) is 32.9. The third kappa shape index (κ3) is 3.95. The molecule has 0 saturated carbocycles. The van der Waals surface area contributed by atoms with Gasteiger partial charge in [0, 0.05) is 16.8 Å². The van der Waals surface area contributed by atoms with Crippen LogP contribution in [0.1, 0.15) is 19.4 Å². The highest BCUT2D eigenvalue weighted by atomic mass is 16.5. The van der Waals surface area contributed by atoms with E-state index in [0.717, 1.165) is 33.4 Å². The van der Waals surface area contributed by atoms with Gasteiger partial charge in [-0.1, -0.05) is 66.7 Å². The topological polar surface area (TPSA) is 29.5 Å². The molecule has 0 saturated heterocycles. The standard InChI is InChI=1S/C28H25NO2/c1-20(30)28(21(2)31-3)26-18-19-27(25-17-11-10-16-24(25)26)29(22-12-6-4-7-13-22)23-14-8-5-9-15-23/h4-19H,1-3H3/b28-21+. The lowest BCUT2D eigenvalue weighted by Gasteiger charge is -2.27. The van der Waals surface area contributed by atoms with E-state index in [9.17, 15) is 4.79 Å².